The van der Waals surface area contributed by atoms with Gasteiger partial charge < -0.3 is 19.3 Å². The minimum absolute atomic E-state index is 0.00848. The first-order chi connectivity index (χ1) is 10.9. The minimum atomic E-state index is -0.335. The summed E-state index contributed by atoms with van der Waals surface area (Å²) < 4.78 is 10.9. The van der Waals surface area contributed by atoms with Crippen molar-refractivity contribution in [1.82, 2.24) is 4.90 Å². The summed E-state index contributed by atoms with van der Waals surface area (Å²) in [6.45, 7) is 7.34. The second-order valence-corrected chi connectivity index (χ2v) is 6.36. The largest absolute Gasteiger partial charge is 0.423 e. The van der Waals surface area contributed by atoms with Crippen LogP contribution in [0, 0.1) is 6.92 Å². The Morgan fingerprint density at radius 2 is 1.96 bits per heavy atom. The van der Waals surface area contributed by atoms with Gasteiger partial charge in [0.15, 0.2) is 5.75 Å². The zero-order valence-electron chi connectivity index (χ0n) is 13.7. The SMILES string of the molecule is Cc1ccc2c(c1)N(CC(=O)N1CC(C)OC(C)C1)CC(=O)O2. The summed E-state index contributed by atoms with van der Waals surface area (Å²) in [4.78, 5) is 28.0. The Kier molecular flexibility index (Phi) is 4.26. The van der Waals surface area contributed by atoms with E-state index in [1.807, 2.05) is 37.8 Å². The number of morpholine rings is 1. The number of hydrogen-bond donors (Lipinski definition) is 0. The number of ether oxygens (including phenoxy) is 2. The van der Waals surface area contributed by atoms with E-state index in [1.165, 1.54) is 0 Å². The number of esters is 1. The van der Waals surface area contributed by atoms with Crippen LogP contribution in [0.1, 0.15) is 19.4 Å². The number of carbonyl (C=O) groups is 2. The van der Waals surface area contributed by atoms with E-state index in [0.717, 1.165) is 11.3 Å². The molecule has 1 aromatic rings. The molecule has 0 aromatic heterocycles. The zero-order valence-corrected chi connectivity index (χ0v) is 13.7. The third kappa shape index (κ3) is 3.47. The van der Waals surface area contributed by atoms with Crippen molar-refractivity contribution in [3.05, 3.63) is 23.8 Å². The molecule has 1 fully saturated rings. The van der Waals surface area contributed by atoms with Crippen LogP contribution in [-0.4, -0.2) is 55.2 Å². The zero-order chi connectivity index (χ0) is 16.6. The van der Waals surface area contributed by atoms with E-state index in [2.05, 4.69) is 0 Å². The second-order valence-electron chi connectivity index (χ2n) is 6.36. The number of hydrogen-bond acceptors (Lipinski definition) is 5. The molecule has 0 N–H and O–H groups in total. The van der Waals surface area contributed by atoms with Gasteiger partial charge in [-0.3, -0.25) is 4.79 Å². The van der Waals surface area contributed by atoms with Crippen LogP contribution in [0.3, 0.4) is 0 Å². The van der Waals surface area contributed by atoms with Crippen molar-refractivity contribution in [2.24, 2.45) is 0 Å². The average molecular weight is 318 g/mol. The number of aryl methyl sites for hydroxylation is 1. The Bertz CT molecular complexity index is 621. The van der Waals surface area contributed by atoms with Crippen LogP contribution < -0.4 is 9.64 Å². The van der Waals surface area contributed by atoms with Crippen LogP contribution in [0.2, 0.25) is 0 Å². The lowest BCUT2D eigenvalue weighted by molar-refractivity contribution is -0.141. The number of benzene rings is 1. The molecule has 2 aliphatic heterocycles. The molecule has 2 aliphatic rings. The lowest BCUT2D eigenvalue weighted by Gasteiger charge is -2.37. The summed E-state index contributed by atoms with van der Waals surface area (Å²) in [6, 6.07) is 5.61. The van der Waals surface area contributed by atoms with E-state index in [0.29, 0.717) is 18.8 Å². The molecule has 2 atom stereocenters. The highest BCUT2D eigenvalue weighted by molar-refractivity contribution is 5.89. The summed E-state index contributed by atoms with van der Waals surface area (Å²) >= 11 is 0. The van der Waals surface area contributed by atoms with Crippen LogP contribution in [0.15, 0.2) is 18.2 Å². The number of amides is 1. The molecule has 0 radical (unpaired) electrons. The highest BCUT2D eigenvalue weighted by Gasteiger charge is 2.30. The first-order valence-corrected chi connectivity index (χ1v) is 7.92. The summed E-state index contributed by atoms with van der Waals surface area (Å²) in [5, 5.41) is 0. The van der Waals surface area contributed by atoms with Crippen LogP contribution >= 0.6 is 0 Å². The Labute approximate surface area is 136 Å². The van der Waals surface area contributed by atoms with Gasteiger partial charge in [-0.05, 0) is 38.5 Å². The molecule has 0 aliphatic carbocycles. The molecule has 6 nitrogen and oxygen atoms in total. The molecule has 2 unspecified atom stereocenters. The maximum absolute atomic E-state index is 12.6. The van der Waals surface area contributed by atoms with Gasteiger partial charge in [-0.2, -0.15) is 0 Å². The maximum Gasteiger partial charge on any atom is 0.331 e. The predicted molar refractivity (Wildman–Crippen MR) is 85.6 cm³/mol. The molecule has 124 valence electrons. The molecule has 6 heteroatoms. The quantitative estimate of drug-likeness (QED) is 0.609. The first kappa shape index (κ1) is 15.8. The molecule has 23 heavy (non-hydrogen) atoms. The smallest absolute Gasteiger partial charge is 0.331 e. The molecule has 0 bridgehead atoms. The molecular weight excluding hydrogens is 296 g/mol. The van der Waals surface area contributed by atoms with Gasteiger partial charge in [-0.1, -0.05) is 6.07 Å². The molecule has 1 saturated heterocycles. The van der Waals surface area contributed by atoms with Crippen molar-refractivity contribution in [3.8, 4) is 5.75 Å². The lowest BCUT2D eigenvalue weighted by Crippen LogP contribution is -2.52. The fourth-order valence-corrected chi connectivity index (χ4v) is 3.14. The van der Waals surface area contributed by atoms with E-state index in [-0.39, 0.29) is 37.2 Å². The van der Waals surface area contributed by atoms with Crippen molar-refractivity contribution >= 4 is 17.6 Å². The highest BCUT2D eigenvalue weighted by atomic mass is 16.5. The molecule has 2 heterocycles. The van der Waals surface area contributed by atoms with Gasteiger partial charge in [0.1, 0.15) is 6.54 Å². The Morgan fingerprint density at radius 3 is 2.65 bits per heavy atom. The van der Waals surface area contributed by atoms with E-state index in [4.69, 9.17) is 9.47 Å². The fourth-order valence-electron chi connectivity index (χ4n) is 3.14. The monoisotopic (exact) mass is 318 g/mol. The highest BCUT2D eigenvalue weighted by Crippen LogP contribution is 2.32. The van der Waals surface area contributed by atoms with Crippen molar-refractivity contribution in [2.45, 2.75) is 33.0 Å². The summed E-state index contributed by atoms with van der Waals surface area (Å²) in [7, 11) is 0. The van der Waals surface area contributed by atoms with Crippen LogP contribution in [-0.2, 0) is 14.3 Å². The number of fused-ring (bicyclic) bond motifs is 1. The minimum Gasteiger partial charge on any atom is -0.423 e. The molecule has 1 aromatic carbocycles. The van der Waals surface area contributed by atoms with Crippen LogP contribution in [0.25, 0.3) is 0 Å². The van der Waals surface area contributed by atoms with Gasteiger partial charge in [-0.25, -0.2) is 4.79 Å². The van der Waals surface area contributed by atoms with Crippen molar-refractivity contribution < 1.29 is 19.1 Å². The summed E-state index contributed by atoms with van der Waals surface area (Å²) in [5.41, 5.74) is 1.86. The van der Waals surface area contributed by atoms with Crippen molar-refractivity contribution in [3.63, 3.8) is 0 Å². The standard InChI is InChI=1S/C17H22N2O4/c1-11-4-5-15-14(6-11)18(10-17(21)23-15)9-16(20)19-7-12(2)22-13(3)8-19/h4-6,12-13H,7-10H2,1-3H3. The molecular formula is C17H22N2O4. The third-order valence-electron chi connectivity index (χ3n) is 4.10. The van der Waals surface area contributed by atoms with E-state index >= 15 is 0 Å². The second kappa shape index (κ2) is 6.20. The maximum atomic E-state index is 12.6. The van der Waals surface area contributed by atoms with Crippen LogP contribution in [0.5, 0.6) is 5.75 Å². The van der Waals surface area contributed by atoms with Crippen LogP contribution in [0.4, 0.5) is 5.69 Å². The number of rotatable bonds is 2. The van der Waals surface area contributed by atoms with Crippen molar-refractivity contribution in [2.75, 3.05) is 31.1 Å². The molecule has 1 amide bonds. The summed E-state index contributed by atoms with van der Waals surface area (Å²) in [5.74, 6) is 0.190. The predicted octanol–water partition coefficient (Wildman–Crippen LogP) is 1.36. The summed E-state index contributed by atoms with van der Waals surface area (Å²) in [6.07, 6.45) is 0.0621. The average Bonchev–Trinajstić information content (AvgIpc) is 2.47. The van der Waals surface area contributed by atoms with E-state index < -0.39 is 0 Å². The van der Waals surface area contributed by atoms with Crippen molar-refractivity contribution in [1.29, 1.82) is 0 Å². The fraction of sp³-hybridized carbons (Fsp3) is 0.529. The van der Waals surface area contributed by atoms with Gasteiger partial charge in [0, 0.05) is 13.1 Å². The normalized spacial score (nSPS) is 24.2. The van der Waals surface area contributed by atoms with Gasteiger partial charge in [0.2, 0.25) is 5.91 Å². The number of anilines is 1. The number of nitrogens with zero attached hydrogens (tertiary/aromatic N) is 2. The first-order valence-electron chi connectivity index (χ1n) is 7.92. The molecule has 3 rings (SSSR count). The Morgan fingerprint density at radius 1 is 1.26 bits per heavy atom. The van der Waals surface area contributed by atoms with Gasteiger partial charge in [-0.15, -0.1) is 0 Å². The number of carbonyl (C=O) groups excluding carboxylic acids is 2. The molecule has 0 saturated carbocycles. The lowest BCUT2D eigenvalue weighted by atomic mass is 10.1. The van der Waals surface area contributed by atoms with Gasteiger partial charge in [0.25, 0.3) is 0 Å². The van der Waals surface area contributed by atoms with E-state index in [9.17, 15) is 9.59 Å². The topological polar surface area (TPSA) is 59.1 Å². The van der Waals surface area contributed by atoms with E-state index in [1.54, 1.807) is 11.0 Å². The Balaban J connectivity index is 1.76. The Hall–Kier alpha value is -2.08. The van der Waals surface area contributed by atoms with Gasteiger partial charge >= 0.3 is 5.97 Å². The molecule has 0 spiro atoms. The van der Waals surface area contributed by atoms with Gasteiger partial charge in [0.05, 0.1) is 24.4 Å². The third-order valence-corrected chi connectivity index (χ3v) is 4.10.